The van der Waals surface area contributed by atoms with Crippen molar-refractivity contribution in [2.75, 3.05) is 26.2 Å². The molecule has 2 atom stereocenters. The Balaban J connectivity index is 1.57. The molecule has 1 fully saturated rings. The molecule has 0 spiro atoms. The van der Waals surface area contributed by atoms with Crippen molar-refractivity contribution < 1.29 is 5.11 Å². The van der Waals surface area contributed by atoms with Crippen LogP contribution in [0.3, 0.4) is 0 Å². The minimum atomic E-state index is 0.319. The van der Waals surface area contributed by atoms with Crippen LogP contribution in [0, 0.1) is 6.92 Å². The van der Waals surface area contributed by atoms with Crippen LogP contribution in [0.5, 0.6) is 0 Å². The Kier molecular flexibility index (Phi) is 6.42. The van der Waals surface area contributed by atoms with Crippen molar-refractivity contribution in [3.8, 4) is 0 Å². The van der Waals surface area contributed by atoms with E-state index in [1.165, 1.54) is 24.1 Å². The van der Waals surface area contributed by atoms with Crippen molar-refractivity contribution in [3.63, 3.8) is 0 Å². The van der Waals surface area contributed by atoms with Gasteiger partial charge in [0.2, 0.25) is 0 Å². The second-order valence-corrected chi connectivity index (χ2v) is 6.95. The zero-order chi connectivity index (χ0) is 14.4. The van der Waals surface area contributed by atoms with E-state index < -0.39 is 0 Å². The predicted molar refractivity (Wildman–Crippen MR) is 84.2 cm³/mol. The van der Waals surface area contributed by atoms with Crippen molar-refractivity contribution >= 4 is 11.3 Å². The van der Waals surface area contributed by atoms with Gasteiger partial charge in [-0.3, -0.25) is 4.90 Å². The third kappa shape index (κ3) is 4.52. The quantitative estimate of drug-likeness (QED) is 0.723. The van der Waals surface area contributed by atoms with Crippen LogP contribution in [0.4, 0.5) is 0 Å². The molecule has 4 nitrogen and oxygen atoms in total. The summed E-state index contributed by atoms with van der Waals surface area (Å²) in [5.74, 6) is 0. The van der Waals surface area contributed by atoms with Gasteiger partial charge in [0.15, 0.2) is 0 Å². The highest BCUT2D eigenvalue weighted by Gasteiger charge is 2.22. The first-order valence-corrected chi connectivity index (χ1v) is 8.53. The summed E-state index contributed by atoms with van der Waals surface area (Å²) in [6, 6.07) is 0.820. The maximum atomic E-state index is 9.28. The van der Waals surface area contributed by atoms with Gasteiger partial charge in [0.25, 0.3) is 0 Å². The second-order valence-electron chi connectivity index (χ2n) is 5.68. The highest BCUT2D eigenvalue weighted by molar-refractivity contribution is 7.11. The van der Waals surface area contributed by atoms with Gasteiger partial charge in [0, 0.05) is 23.2 Å². The lowest BCUT2D eigenvalue weighted by Crippen LogP contribution is -2.33. The van der Waals surface area contributed by atoms with Crippen molar-refractivity contribution in [1.82, 2.24) is 15.2 Å². The Labute approximate surface area is 126 Å². The van der Waals surface area contributed by atoms with E-state index in [1.807, 2.05) is 6.20 Å². The zero-order valence-electron chi connectivity index (χ0n) is 12.6. The zero-order valence-corrected chi connectivity index (χ0v) is 13.5. The number of nitrogens with zero attached hydrogens (tertiary/aromatic N) is 2. The molecule has 0 saturated carbocycles. The lowest BCUT2D eigenvalue weighted by molar-refractivity contribution is 0.157. The summed E-state index contributed by atoms with van der Waals surface area (Å²) in [4.78, 5) is 8.06. The Bertz CT molecular complexity index is 396. The van der Waals surface area contributed by atoms with Gasteiger partial charge in [-0.15, -0.1) is 11.3 Å². The molecule has 0 radical (unpaired) electrons. The molecule has 0 bridgehead atoms. The minimum absolute atomic E-state index is 0.319. The normalized spacial score (nSPS) is 21.4. The molecule has 1 aliphatic heterocycles. The summed E-state index contributed by atoms with van der Waals surface area (Å²) in [7, 11) is 0. The largest absolute Gasteiger partial charge is 0.395 e. The van der Waals surface area contributed by atoms with E-state index in [1.54, 1.807) is 11.3 Å². The van der Waals surface area contributed by atoms with Gasteiger partial charge in [-0.05, 0) is 59.2 Å². The van der Waals surface area contributed by atoms with Gasteiger partial charge in [-0.25, -0.2) is 4.98 Å². The number of hydrogen-bond donors (Lipinski definition) is 2. The number of hydrogen-bond acceptors (Lipinski definition) is 5. The molecule has 2 N–H and O–H groups in total. The fourth-order valence-electron chi connectivity index (χ4n) is 2.83. The molecule has 1 saturated heterocycles. The highest BCUT2D eigenvalue weighted by Crippen LogP contribution is 2.20. The molecule has 20 heavy (non-hydrogen) atoms. The Hall–Kier alpha value is -0.490. The summed E-state index contributed by atoms with van der Waals surface area (Å²) in [5.41, 5.74) is 0. The summed E-state index contributed by atoms with van der Waals surface area (Å²) in [6.45, 7) is 7.91. The van der Waals surface area contributed by atoms with Crippen LogP contribution in [0.1, 0.15) is 48.5 Å². The van der Waals surface area contributed by atoms with Gasteiger partial charge in [-0.2, -0.15) is 0 Å². The lowest BCUT2D eigenvalue weighted by atomic mass is 10.2. The van der Waals surface area contributed by atoms with Crippen LogP contribution in [0.25, 0.3) is 0 Å². The minimum Gasteiger partial charge on any atom is -0.395 e. The molecule has 2 unspecified atom stereocenters. The molecular weight excluding hydrogens is 270 g/mol. The van der Waals surface area contributed by atoms with Crippen LogP contribution in [0.15, 0.2) is 6.20 Å². The first-order chi connectivity index (χ1) is 9.70. The van der Waals surface area contributed by atoms with Gasteiger partial charge in [-0.1, -0.05) is 0 Å². The molecule has 1 aliphatic rings. The topological polar surface area (TPSA) is 48.4 Å². The maximum absolute atomic E-state index is 9.28. The molecule has 1 aromatic heterocycles. The first-order valence-electron chi connectivity index (χ1n) is 7.71. The number of aliphatic hydroxyl groups excluding tert-OH is 1. The third-order valence-electron chi connectivity index (χ3n) is 4.10. The van der Waals surface area contributed by atoms with Crippen LogP contribution >= 0.6 is 11.3 Å². The van der Waals surface area contributed by atoms with Gasteiger partial charge >= 0.3 is 0 Å². The molecular formula is C15H27N3OS. The molecule has 2 rings (SSSR count). The summed E-state index contributed by atoms with van der Waals surface area (Å²) in [5, 5.41) is 14.0. The number of aryl methyl sites for hydroxylation is 1. The summed E-state index contributed by atoms with van der Waals surface area (Å²) < 4.78 is 0. The van der Waals surface area contributed by atoms with Crippen molar-refractivity contribution in [3.05, 3.63) is 16.1 Å². The molecule has 114 valence electrons. The molecule has 0 aliphatic carbocycles. The molecule has 5 heteroatoms. The van der Waals surface area contributed by atoms with Crippen molar-refractivity contribution in [2.24, 2.45) is 0 Å². The maximum Gasteiger partial charge on any atom is 0.0897 e. The second kappa shape index (κ2) is 8.08. The number of unbranched alkanes of at least 4 members (excludes halogenated alkanes) is 1. The lowest BCUT2D eigenvalue weighted by Gasteiger charge is -2.22. The standard InChI is InChI=1S/C15H27N3OS/c1-12(15-10-17-13(2)20-15)16-7-3-4-8-18-9-5-6-14(18)11-19/h10,12,14,16,19H,3-9,11H2,1-2H3. The van der Waals surface area contributed by atoms with Crippen LogP contribution in [-0.4, -0.2) is 47.3 Å². The number of rotatable bonds is 8. The predicted octanol–water partition coefficient (Wildman–Crippen LogP) is 2.34. The Morgan fingerprint density at radius 3 is 3.10 bits per heavy atom. The molecule has 0 aromatic carbocycles. The van der Waals surface area contributed by atoms with E-state index in [9.17, 15) is 5.11 Å². The highest BCUT2D eigenvalue weighted by atomic mass is 32.1. The van der Waals surface area contributed by atoms with E-state index in [2.05, 4.69) is 29.0 Å². The average molecular weight is 297 g/mol. The van der Waals surface area contributed by atoms with E-state index in [0.29, 0.717) is 18.7 Å². The third-order valence-corrected chi connectivity index (χ3v) is 5.19. The first kappa shape index (κ1) is 15.9. The van der Waals surface area contributed by atoms with E-state index in [4.69, 9.17) is 0 Å². The summed E-state index contributed by atoms with van der Waals surface area (Å²) >= 11 is 1.77. The molecule has 1 aromatic rings. The van der Waals surface area contributed by atoms with Gasteiger partial charge in [0.1, 0.15) is 0 Å². The number of aliphatic hydroxyl groups is 1. The van der Waals surface area contributed by atoms with Crippen molar-refractivity contribution in [2.45, 2.75) is 51.6 Å². The number of aromatic nitrogens is 1. The van der Waals surface area contributed by atoms with Crippen molar-refractivity contribution in [1.29, 1.82) is 0 Å². The van der Waals surface area contributed by atoms with Crippen LogP contribution < -0.4 is 5.32 Å². The SMILES string of the molecule is Cc1ncc(C(C)NCCCCN2CCCC2CO)s1. The van der Waals surface area contributed by atoms with Crippen LogP contribution in [-0.2, 0) is 0 Å². The smallest absolute Gasteiger partial charge is 0.0897 e. The molecule has 2 heterocycles. The average Bonchev–Trinajstić information content (AvgIpc) is 3.06. The van der Waals surface area contributed by atoms with Crippen LogP contribution in [0.2, 0.25) is 0 Å². The number of thiazole rings is 1. The van der Waals surface area contributed by atoms with E-state index in [0.717, 1.165) is 31.1 Å². The fourth-order valence-corrected chi connectivity index (χ4v) is 3.65. The number of nitrogens with one attached hydrogen (secondary N) is 1. The monoisotopic (exact) mass is 297 g/mol. The van der Waals surface area contributed by atoms with Gasteiger partial charge in [0.05, 0.1) is 11.6 Å². The molecule has 0 amide bonds. The van der Waals surface area contributed by atoms with E-state index in [-0.39, 0.29) is 0 Å². The Morgan fingerprint density at radius 2 is 2.40 bits per heavy atom. The van der Waals surface area contributed by atoms with E-state index >= 15 is 0 Å². The Morgan fingerprint density at radius 1 is 1.55 bits per heavy atom. The van der Waals surface area contributed by atoms with Gasteiger partial charge < -0.3 is 10.4 Å². The summed E-state index contributed by atoms with van der Waals surface area (Å²) in [6.07, 6.45) is 6.78. The number of likely N-dealkylation sites (tertiary alicyclic amines) is 1. The fraction of sp³-hybridized carbons (Fsp3) is 0.800.